The SMILES string of the molecule is Cn1nccc1CNC(=O)c1csc(Br)c1. The van der Waals surface area contributed by atoms with Gasteiger partial charge in [-0.1, -0.05) is 0 Å². The third-order valence-corrected chi connectivity index (χ3v) is 3.69. The highest BCUT2D eigenvalue weighted by molar-refractivity contribution is 9.11. The number of carbonyl (C=O) groups is 1. The van der Waals surface area contributed by atoms with Crippen molar-refractivity contribution in [1.29, 1.82) is 0 Å². The maximum absolute atomic E-state index is 11.7. The first kappa shape index (κ1) is 11.3. The van der Waals surface area contributed by atoms with Crippen LogP contribution in [0, 0.1) is 0 Å². The van der Waals surface area contributed by atoms with Crippen molar-refractivity contribution < 1.29 is 4.79 Å². The van der Waals surface area contributed by atoms with Crippen LogP contribution >= 0.6 is 27.3 Å². The highest BCUT2D eigenvalue weighted by Gasteiger charge is 2.08. The number of amides is 1. The minimum absolute atomic E-state index is 0.0665. The Kier molecular flexibility index (Phi) is 3.40. The number of thiophene rings is 1. The molecule has 0 aliphatic rings. The van der Waals surface area contributed by atoms with E-state index < -0.39 is 0 Å². The Bertz CT molecular complexity index is 506. The Balaban J connectivity index is 1.96. The largest absolute Gasteiger partial charge is 0.346 e. The lowest BCUT2D eigenvalue weighted by molar-refractivity contribution is 0.0950. The molecule has 0 aromatic carbocycles. The summed E-state index contributed by atoms with van der Waals surface area (Å²) in [5.41, 5.74) is 1.65. The number of aromatic nitrogens is 2. The fraction of sp³-hybridized carbons (Fsp3) is 0.200. The topological polar surface area (TPSA) is 46.9 Å². The zero-order valence-electron chi connectivity index (χ0n) is 8.61. The van der Waals surface area contributed by atoms with Crippen molar-refractivity contribution in [3.05, 3.63) is 38.8 Å². The summed E-state index contributed by atoms with van der Waals surface area (Å²) in [6, 6.07) is 3.69. The summed E-state index contributed by atoms with van der Waals surface area (Å²) < 4.78 is 2.70. The number of hydrogen-bond donors (Lipinski definition) is 1. The molecule has 0 saturated heterocycles. The summed E-state index contributed by atoms with van der Waals surface area (Å²) in [5, 5.41) is 8.70. The Morgan fingerprint density at radius 2 is 2.50 bits per heavy atom. The maximum Gasteiger partial charge on any atom is 0.252 e. The third kappa shape index (κ3) is 2.51. The van der Waals surface area contributed by atoms with Gasteiger partial charge in [-0.05, 0) is 28.1 Å². The zero-order chi connectivity index (χ0) is 11.5. The highest BCUT2D eigenvalue weighted by atomic mass is 79.9. The van der Waals surface area contributed by atoms with Gasteiger partial charge in [-0.2, -0.15) is 5.10 Å². The third-order valence-electron chi connectivity index (χ3n) is 2.18. The van der Waals surface area contributed by atoms with Crippen molar-refractivity contribution in [3.8, 4) is 0 Å². The number of carbonyl (C=O) groups excluding carboxylic acids is 1. The van der Waals surface area contributed by atoms with Gasteiger partial charge in [-0.3, -0.25) is 9.48 Å². The van der Waals surface area contributed by atoms with Gasteiger partial charge in [0.05, 0.1) is 21.6 Å². The molecule has 0 atom stereocenters. The number of aryl methyl sites for hydroxylation is 1. The summed E-state index contributed by atoms with van der Waals surface area (Å²) >= 11 is 4.82. The molecule has 84 valence electrons. The summed E-state index contributed by atoms with van der Waals surface area (Å²) in [6.07, 6.45) is 1.71. The molecule has 16 heavy (non-hydrogen) atoms. The lowest BCUT2D eigenvalue weighted by Crippen LogP contribution is -2.23. The number of nitrogens with zero attached hydrogens (tertiary/aromatic N) is 2. The number of halogens is 1. The highest BCUT2D eigenvalue weighted by Crippen LogP contribution is 2.20. The predicted molar refractivity (Wildman–Crippen MR) is 66.4 cm³/mol. The van der Waals surface area contributed by atoms with Gasteiger partial charge in [0, 0.05) is 18.6 Å². The van der Waals surface area contributed by atoms with Crippen LogP contribution in [0.1, 0.15) is 16.1 Å². The Morgan fingerprint density at radius 3 is 3.06 bits per heavy atom. The van der Waals surface area contributed by atoms with E-state index in [0.29, 0.717) is 12.1 Å². The molecule has 2 aromatic heterocycles. The lowest BCUT2D eigenvalue weighted by atomic mass is 10.3. The van der Waals surface area contributed by atoms with Gasteiger partial charge in [0.2, 0.25) is 0 Å². The van der Waals surface area contributed by atoms with Gasteiger partial charge in [-0.25, -0.2) is 0 Å². The van der Waals surface area contributed by atoms with E-state index in [4.69, 9.17) is 0 Å². The molecular weight excluding hydrogens is 290 g/mol. The molecule has 2 heterocycles. The van der Waals surface area contributed by atoms with Crippen LogP contribution < -0.4 is 5.32 Å². The second-order valence-electron chi connectivity index (χ2n) is 3.27. The molecule has 1 amide bonds. The summed E-state index contributed by atoms with van der Waals surface area (Å²) in [5.74, 6) is -0.0665. The molecule has 1 N–H and O–H groups in total. The molecule has 6 heteroatoms. The first-order valence-corrected chi connectivity index (χ1v) is 6.33. The Hall–Kier alpha value is -1.14. The monoisotopic (exact) mass is 299 g/mol. The zero-order valence-corrected chi connectivity index (χ0v) is 11.0. The fourth-order valence-corrected chi connectivity index (χ4v) is 2.41. The van der Waals surface area contributed by atoms with E-state index in [1.165, 1.54) is 11.3 Å². The van der Waals surface area contributed by atoms with Crippen molar-refractivity contribution in [2.45, 2.75) is 6.54 Å². The second kappa shape index (κ2) is 4.80. The molecule has 0 spiro atoms. The lowest BCUT2D eigenvalue weighted by Gasteiger charge is -2.03. The quantitative estimate of drug-likeness (QED) is 0.944. The van der Waals surface area contributed by atoms with E-state index in [9.17, 15) is 4.79 Å². The van der Waals surface area contributed by atoms with E-state index in [1.807, 2.05) is 24.6 Å². The van der Waals surface area contributed by atoms with Crippen molar-refractivity contribution in [2.24, 2.45) is 7.05 Å². The minimum Gasteiger partial charge on any atom is -0.346 e. The van der Waals surface area contributed by atoms with Gasteiger partial charge in [-0.15, -0.1) is 11.3 Å². The van der Waals surface area contributed by atoms with Crippen molar-refractivity contribution in [3.63, 3.8) is 0 Å². The van der Waals surface area contributed by atoms with Gasteiger partial charge in [0.15, 0.2) is 0 Å². The fourth-order valence-electron chi connectivity index (χ4n) is 1.28. The molecule has 2 rings (SSSR count). The van der Waals surface area contributed by atoms with Crippen LogP contribution in [0.15, 0.2) is 27.5 Å². The summed E-state index contributed by atoms with van der Waals surface area (Å²) in [4.78, 5) is 11.7. The normalized spacial score (nSPS) is 10.4. The van der Waals surface area contributed by atoms with Gasteiger partial charge >= 0.3 is 0 Å². The van der Waals surface area contributed by atoms with Crippen LogP contribution in [0.3, 0.4) is 0 Å². The molecule has 0 bridgehead atoms. The first-order chi connectivity index (χ1) is 7.66. The number of nitrogens with one attached hydrogen (secondary N) is 1. The molecule has 0 saturated carbocycles. The molecule has 0 radical (unpaired) electrons. The van der Waals surface area contributed by atoms with E-state index >= 15 is 0 Å². The molecule has 0 fully saturated rings. The van der Waals surface area contributed by atoms with Crippen LogP contribution in [0.25, 0.3) is 0 Å². The summed E-state index contributed by atoms with van der Waals surface area (Å²) in [6.45, 7) is 0.489. The standard InChI is InChI=1S/C10H10BrN3OS/c1-14-8(2-3-13-14)5-12-10(15)7-4-9(11)16-6-7/h2-4,6H,5H2,1H3,(H,12,15). The molecule has 4 nitrogen and oxygen atoms in total. The van der Waals surface area contributed by atoms with Crippen LogP contribution in [-0.2, 0) is 13.6 Å². The van der Waals surface area contributed by atoms with Gasteiger partial charge < -0.3 is 5.32 Å². The van der Waals surface area contributed by atoms with Crippen molar-refractivity contribution in [1.82, 2.24) is 15.1 Å². The van der Waals surface area contributed by atoms with E-state index in [0.717, 1.165) is 9.48 Å². The molecule has 0 aliphatic carbocycles. The maximum atomic E-state index is 11.7. The number of rotatable bonds is 3. The van der Waals surface area contributed by atoms with Gasteiger partial charge in [0.25, 0.3) is 5.91 Å². The predicted octanol–water partition coefficient (Wildman–Crippen LogP) is 2.17. The molecule has 0 unspecified atom stereocenters. The van der Waals surface area contributed by atoms with Crippen molar-refractivity contribution >= 4 is 33.2 Å². The molecule has 0 aliphatic heterocycles. The van der Waals surface area contributed by atoms with Crippen LogP contribution in [0.5, 0.6) is 0 Å². The van der Waals surface area contributed by atoms with Crippen LogP contribution in [-0.4, -0.2) is 15.7 Å². The smallest absolute Gasteiger partial charge is 0.252 e. The molecule has 2 aromatic rings. The van der Waals surface area contributed by atoms with E-state index in [1.54, 1.807) is 10.9 Å². The van der Waals surface area contributed by atoms with E-state index in [2.05, 4.69) is 26.3 Å². The Labute approximate surface area is 105 Å². The number of hydrogen-bond acceptors (Lipinski definition) is 3. The average Bonchev–Trinajstić information content (AvgIpc) is 2.84. The van der Waals surface area contributed by atoms with Crippen LogP contribution in [0.2, 0.25) is 0 Å². The van der Waals surface area contributed by atoms with Crippen molar-refractivity contribution in [2.75, 3.05) is 0 Å². The molecular formula is C10H10BrN3OS. The second-order valence-corrected chi connectivity index (χ2v) is 5.56. The first-order valence-electron chi connectivity index (χ1n) is 4.66. The van der Waals surface area contributed by atoms with Gasteiger partial charge in [0.1, 0.15) is 0 Å². The van der Waals surface area contributed by atoms with Crippen LogP contribution in [0.4, 0.5) is 0 Å². The Morgan fingerprint density at radius 1 is 1.69 bits per heavy atom. The summed E-state index contributed by atoms with van der Waals surface area (Å²) in [7, 11) is 1.85. The average molecular weight is 300 g/mol. The minimum atomic E-state index is -0.0665. The van der Waals surface area contributed by atoms with E-state index in [-0.39, 0.29) is 5.91 Å².